The first-order chi connectivity index (χ1) is 21.0. The van der Waals surface area contributed by atoms with Gasteiger partial charge in [-0.15, -0.1) is 0 Å². The van der Waals surface area contributed by atoms with Crippen molar-refractivity contribution < 1.29 is 9.53 Å². The van der Waals surface area contributed by atoms with Gasteiger partial charge in [0.1, 0.15) is 11.9 Å². The number of hydrogen-bond acceptors (Lipinski definition) is 8. The summed E-state index contributed by atoms with van der Waals surface area (Å²) in [5.74, 6) is 0.677. The van der Waals surface area contributed by atoms with Gasteiger partial charge in [-0.25, -0.2) is 0 Å². The van der Waals surface area contributed by atoms with Crippen LogP contribution < -0.4 is 9.64 Å². The van der Waals surface area contributed by atoms with Crippen LogP contribution in [0.2, 0.25) is 0 Å². The summed E-state index contributed by atoms with van der Waals surface area (Å²) < 4.78 is 6.34. The Balaban J connectivity index is 1.23. The fraction of sp³-hybridized carbons (Fsp3) is 0.324. The summed E-state index contributed by atoms with van der Waals surface area (Å²) in [6.45, 7) is 8.64. The third-order valence-corrected chi connectivity index (χ3v) is 9.03. The zero-order valence-corrected chi connectivity index (χ0v) is 24.2. The summed E-state index contributed by atoms with van der Waals surface area (Å²) in [5, 5.41) is 12.2. The van der Waals surface area contributed by atoms with E-state index in [0.29, 0.717) is 38.7 Å². The molecule has 3 aliphatic rings. The van der Waals surface area contributed by atoms with E-state index in [1.807, 2.05) is 19.1 Å². The first-order valence-corrected chi connectivity index (χ1v) is 14.8. The molecular formula is C34H33N7O2. The molecule has 1 saturated heterocycles. The van der Waals surface area contributed by atoms with E-state index >= 15 is 0 Å². The third kappa shape index (κ3) is 4.88. The van der Waals surface area contributed by atoms with E-state index < -0.39 is 0 Å². The number of anilines is 1. The summed E-state index contributed by atoms with van der Waals surface area (Å²) in [6.07, 6.45) is 5.77. The maximum absolute atomic E-state index is 12.6. The quantitative estimate of drug-likeness (QED) is 0.289. The highest BCUT2D eigenvalue weighted by molar-refractivity contribution is 5.91. The second-order valence-corrected chi connectivity index (χ2v) is 11.5. The number of fused-ring (bicyclic) bond motifs is 1. The maximum Gasteiger partial charge on any atom is 0.319 e. The van der Waals surface area contributed by atoms with Gasteiger partial charge in [0.2, 0.25) is 5.91 Å². The predicted octanol–water partition coefficient (Wildman–Crippen LogP) is 4.89. The van der Waals surface area contributed by atoms with Crippen LogP contribution in [0.1, 0.15) is 53.4 Å². The van der Waals surface area contributed by atoms with Crippen LogP contribution in [0.25, 0.3) is 10.8 Å². The van der Waals surface area contributed by atoms with E-state index in [4.69, 9.17) is 14.7 Å². The smallest absolute Gasteiger partial charge is 0.319 e. The lowest BCUT2D eigenvalue weighted by Crippen LogP contribution is -2.55. The Morgan fingerprint density at radius 2 is 1.95 bits per heavy atom. The van der Waals surface area contributed by atoms with Crippen LogP contribution in [-0.4, -0.2) is 56.3 Å². The van der Waals surface area contributed by atoms with Gasteiger partial charge in [-0.3, -0.25) is 14.7 Å². The van der Waals surface area contributed by atoms with Crippen molar-refractivity contribution in [2.75, 3.05) is 24.5 Å². The second-order valence-electron chi connectivity index (χ2n) is 11.5. The number of piperazine rings is 1. The summed E-state index contributed by atoms with van der Waals surface area (Å²) in [5.41, 5.74) is 5.80. The molecule has 9 nitrogen and oxygen atoms in total. The normalized spacial score (nSPS) is 20.1. The number of amides is 1. The van der Waals surface area contributed by atoms with Crippen molar-refractivity contribution in [2.45, 2.75) is 51.0 Å². The SMILES string of the molecule is C=CC(=O)N1CCN(c2nc(O[C@H](C)c3ccncc3)nc3c2CN(C2Cc4cccc5cccc2c45)C3)C[C@@H]1CC#N. The Morgan fingerprint density at radius 1 is 1.14 bits per heavy atom. The Hall–Kier alpha value is -4.81. The van der Waals surface area contributed by atoms with Crippen molar-refractivity contribution in [1.29, 1.82) is 5.26 Å². The highest BCUT2D eigenvalue weighted by Gasteiger charge is 2.38. The van der Waals surface area contributed by atoms with E-state index in [9.17, 15) is 10.1 Å². The molecule has 2 aromatic carbocycles. The monoisotopic (exact) mass is 571 g/mol. The molecule has 0 saturated carbocycles. The van der Waals surface area contributed by atoms with Gasteiger partial charge in [0, 0.05) is 56.7 Å². The molecule has 7 rings (SSSR count). The van der Waals surface area contributed by atoms with Crippen molar-refractivity contribution in [1.82, 2.24) is 24.8 Å². The molecule has 1 fully saturated rings. The van der Waals surface area contributed by atoms with E-state index in [-0.39, 0.29) is 30.5 Å². The van der Waals surface area contributed by atoms with Gasteiger partial charge in [0.05, 0.1) is 24.2 Å². The van der Waals surface area contributed by atoms with Gasteiger partial charge in [-0.2, -0.15) is 15.2 Å². The summed E-state index contributed by atoms with van der Waals surface area (Å²) >= 11 is 0. The molecule has 0 spiro atoms. The molecule has 0 N–H and O–H groups in total. The number of ether oxygens (including phenoxy) is 1. The van der Waals surface area contributed by atoms with Crippen LogP contribution in [0, 0.1) is 11.3 Å². The van der Waals surface area contributed by atoms with Crippen LogP contribution in [0.5, 0.6) is 6.01 Å². The average Bonchev–Trinajstić information content (AvgIpc) is 3.64. The second kappa shape index (κ2) is 11.1. The zero-order chi connectivity index (χ0) is 29.5. The number of aromatic nitrogens is 3. The van der Waals surface area contributed by atoms with Crippen molar-refractivity contribution >= 4 is 22.5 Å². The van der Waals surface area contributed by atoms with Gasteiger partial charge >= 0.3 is 6.01 Å². The number of hydrogen-bond donors (Lipinski definition) is 0. The van der Waals surface area contributed by atoms with Crippen LogP contribution in [-0.2, 0) is 24.3 Å². The van der Waals surface area contributed by atoms with Crippen molar-refractivity contribution in [3.63, 3.8) is 0 Å². The van der Waals surface area contributed by atoms with E-state index in [0.717, 1.165) is 29.1 Å². The first-order valence-electron chi connectivity index (χ1n) is 14.8. The fourth-order valence-corrected chi connectivity index (χ4v) is 6.91. The highest BCUT2D eigenvalue weighted by atomic mass is 16.5. The lowest BCUT2D eigenvalue weighted by atomic mass is 10.0. The minimum atomic E-state index is -0.262. The maximum atomic E-state index is 12.6. The Labute approximate surface area is 251 Å². The molecule has 1 amide bonds. The first kappa shape index (κ1) is 27.0. The topological polar surface area (TPSA) is 98.5 Å². The lowest BCUT2D eigenvalue weighted by molar-refractivity contribution is -0.128. The van der Waals surface area contributed by atoms with Crippen molar-refractivity contribution in [3.8, 4) is 12.1 Å². The van der Waals surface area contributed by atoms with E-state index in [1.165, 1.54) is 28.0 Å². The molecule has 0 bridgehead atoms. The van der Waals surface area contributed by atoms with Crippen molar-refractivity contribution in [3.05, 3.63) is 102 Å². The van der Waals surface area contributed by atoms with Gasteiger partial charge in [-0.1, -0.05) is 43.0 Å². The predicted molar refractivity (Wildman–Crippen MR) is 163 cm³/mol. The van der Waals surface area contributed by atoms with Crippen LogP contribution in [0.3, 0.4) is 0 Å². The Kier molecular flexibility index (Phi) is 6.99. The lowest BCUT2D eigenvalue weighted by Gasteiger charge is -2.41. The van der Waals surface area contributed by atoms with Crippen molar-refractivity contribution in [2.24, 2.45) is 0 Å². The molecule has 1 aliphatic carbocycles. The number of nitriles is 1. The molecule has 3 atom stereocenters. The number of carbonyl (C=O) groups excluding carboxylic acids is 1. The summed E-state index contributed by atoms with van der Waals surface area (Å²) in [4.78, 5) is 33.1. The number of nitrogens with zero attached hydrogens (tertiary/aromatic N) is 7. The largest absolute Gasteiger partial charge is 0.456 e. The fourth-order valence-electron chi connectivity index (χ4n) is 6.91. The summed E-state index contributed by atoms with van der Waals surface area (Å²) in [7, 11) is 0. The molecular weight excluding hydrogens is 538 g/mol. The highest BCUT2D eigenvalue weighted by Crippen LogP contribution is 2.44. The molecule has 2 aromatic heterocycles. The molecule has 4 aromatic rings. The van der Waals surface area contributed by atoms with E-state index in [1.54, 1.807) is 17.3 Å². The Morgan fingerprint density at radius 3 is 2.74 bits per heavy atom. The molecule has 216 valence electrons. The molecule has 0 radical (unpaired) electrons. The van der Waals surface area contributed by atoms with Gasteiger partial charge in [0.25, 0.3) is 0 Å². The minimum Gasteiger partial charge on any atom is -0.456 e. The number of pyridine rings is 1. The molecule has 4 heterocycles. The van der Waals surface area contributed by atoms with Crippen LogP contribution in [0.4, 0.5) is 5.82 Å². The van der Waals surface area contributed by atoms with E-state index in [2.05, 4.69) is 63.8 Å². The Bertz CT molecular complexity index is 1750. The molecule has 43 heavy (non-hydrogen) atoms. The molecule has 2 aliphatic heterocycles. The minimum absolute atomic E-state index is 0.149. The van der Waals surface area contributed by atoms with Gasteiger partial charge in [-0.05, 0) is 59.0 Å². The number of carbonyl (C=O) groups is 1. The van der Waals surface area contributed by atoms with Crippen LogP contribution >= 0.6 is 0 Å². The molecule has 1 unspecified atom stereocenters. The zero-order valence-electron chi connectivity index (χ0n) is 24.2. The van der Waals surface area contributed by atoms with Crippen LogP contribution in [0.15, 0.2) is 73.6 Å². The molecule has 9 heteroatoms. The standard InChI is InChI=1S/C34H33N7O2/c1-3-31(42)41-17-16-39(19-26(41)10-13-35)33-28-20-40(30-18-25-8-4-6-24-7-5-9-27(30)32(24)25)21-29(28)37-34(38-33)43-22(2)23-11-14-36-15-12-23/h3-9,11-12,14-15,22,26,30H,1,10,16-21H2,2H3/t22-,26+,30?/m1/s1. The number of rotatable bonds is 7. The van der Waals surface area contributed by atoms with Gasteiger partial charge in [0.15, 0.2) is 0 Å². The average molecular weight is 572 g/mol. The van der Waals surface area contributed by atoms with Gasteiger partial charge < -0.3 is 14.5 Å². The third-order valence-electron chi connectivity index (χ3n) is 9.03. The number of benzene rings is 2. The summed E-state index contributed by atoms with van der Waals surface area (Å²) in [6, 6.07) is 19.6.